The van der Waals surface area contributed by atoms with Crippen LogP contribution in [0.1, 0.15) is 21.6 Å². The lowest BCUT2D eigenvalue weighted by molar-refractivity contribution is 0.0225. The molecule has 0 unspecified atom stereocenters. The van der Waals surface area contributed by atoms with Crippen LogP contribution in [0.15, 0.2) is 42.9 Å². The number of carboxylic acids is 1. The van der Waals surface area contributed by atoms with Gasteiger partial charge in [-0.15, -0.1) is 0 Å². The molecule has 1 aromatic heterocycles. The second kappa shape index (κ2) is 6.58. The zero-order valence-corrected chi connectivity index (χ0v) is 10.1. The number of aromatic carboxylic acids is 1. The van der Waals surface area contributed by atoms with Crippen molar-refractivity contribution in [3.05, 3.63) is 59.7 Å². The molecule has 6 nitrogen and oxygen atoms in total. The number of carbonyl (C=O) groups is 1. The first kappa shape index (κ1) is 13.1. The normalized spacial score (nSPS) is 10.3. The van der Waals surface area contributed by atoms with Crippen LogP contribution in [0.3, 0.4) is 0 Å². The Morgan fingerprint density at radius 1 is 1.32 bits per heavy atom. The van der Waals surface area contributed by atoms with E-state index in [4.69, 9.17) is 9.94 Å². The van der Waals surface area contributed by atoms with E-state index in [-0.39, 0.29) is 12.1 Å². The van der Waals surface area contributed by atoms with Crippen LogP contribution in [0.25, 0.3) is 0 Å². The molecule has 98 valence electrons. The summed E-state index contributed by atoms with van der Waals surface area (Å²) in [6.07, 6.45) is 2.57. The van der Waals surface area contributed by atoms with Gasteiger partial charge in [0.25, 0.3) is 0 Å². The number of rotatable bonds is 6. The van der Waals surface area contributed by atoms with Crippen molar-refractivity contribution in [2.24, 2.45) is 0 Å². The van der Waals surface area contributed by atoms with Gasteiger partial charge in [-0.3, -0.25) is 4.84 Å². The van der Waals surface area contributed by atoms with Crippen LogP contribution < -0.4 is 5.48 Å². The molecule has 0 aliphatic carbocycles. The number of hydrogen-bond acceptors (Lipinski definition) is 5. The zero-order chi connectivity index (χ0) is 13.5. The number of hydrogen-bond donors (Lipinski definition) is 2. The maximum atomic E-state index is 10.9. The molecule has 0 atom stereocenters. The fraction of sp³-hybridized carbons (Fsp3) is 0.154. The van der Waals surface area contributed by atoms with Crippen molar-refractivity contribution in [3.63, 3.8) is 0 Å². The first-order valence-electron chi connectivity index (χ1n) is 5.68. The molecule has 0 radical (unpaired) electrons. The van der Waals surface area contributed by atoms with Gasteiger partial charge in [-0.25, -0.2) is 14.8 Å². The third-order valence-electron chi connectivity index (χ3n) is 2.45. The highest BCUT2D eigenvalue weighted by Gasteiger charge is 2.10. The van der Waals surface area contributed by atoms with Crippen LogP contribution in [0.5, 0.6) is 0 Å². The van der Waals surface area contributed by atoms with Gasteiger partial charge < -0.3 is 5.11 Å². The van der Waals surface area contributed by atoms with Gasteiger partial charge in [0, 0.05) is 6.20 Å². The minimum absolute atomic E-state index is 0.0679. The number of nitrogens with one attached hydrogen (secondary N) is 1. The lowest BCUT2D eigenvalue weighted by Gasteiger charge is -2.07. The zero-order valence-electron chi connectivity index (χ0n) is 10.1. The maximum Gasteiger partial charge on any atom is 0.339 e. The Morgan fingerprint density at radius 3 is 2.84 bits per heavy atom. The summed E-state index contributed by atoms with van der Waals surface area (Å²) in [5.74, 6) is -1.06. The van der Waals surface area contributed by atoms with E-state index in [9.17, 15) is 4.79 Å². The number of aromatic nitrogens is 2. The molecule has 0 amide bonds. The third kappa shape index (κ3) is 3.84. The summed E-state index contributed by atoms with van der Waals surface area (Å²) in [7, 11) is 0. The van der Waals surface area contributed by atoms with Crippen LogP contribution in [-0.4, -0.2) is 21.0 Å². The van der Waals surface area contributed by atoms with E-state index in [0.717, 1.165) is 5.56 Å². The van der Waals surface area contributed by atoms with Gasteiger partial charge in [0.1, 0.15) is 11.9 Å². The second-order valence-electron chi connectivity index (χ2n) is 3.78. The van der Waals surface area contributed by atoms with Crippen LogP contribution in [0.2, 0.25) is 0 Å². The lowest BCUT2D eigenvalue weighted by atomic mass is 10.2. The topological polar surface area (TPSA) is 84.3 Å². The van der Waals surface area contributed by atoms with Crippen molar-refractivity contribution < 1.29 is 14.7 Å². The standard InChI is InChI=1S/C13H13N3O3/c17-13(18)11-6-14-9-15-12(11)7-16-19-8-10-4-2-1-3-5-10/h1-6,9,16H,7-8H2,(H,17,18). The highest BCUT2D eigenvalue weighted by Crippen LogP contribution is 2.04. The van der Waals surface area contributed by atoms with Crippen molar-refractivity contribution in [2.75, 3.05) is 0 Å². The van der Waals surface area contributed by atoms with Crippen LogP contribution >= 0.6 is 0 Å². The molecule has 0 aliphatic heterocycles. The minimum atomic E-state index is -1.06. The van der Waals surface area contributed by atoms with Crippen molar-refractivity contribution in [2.45, 2.75) is 13.2 Å². The first-order valence-corrected chi connectivity index (χ1v) is 5.68. The smallest absolute Gasteiger partial charge is 0.339 e. The summed E-state index contributed by atoms with van der Waals surface area (Å²) in [5, 5.41) is 8.95. The van der Waals surface area contributed by atoms with Gasteiger partial charge in [-0.05, 0) is 5.56 Å². The molecule has 6 heteroatoms. The predicted octanol–water partition coefficient (Wildman–Crippen LogP) is 1.40. The molecule has 2 aromatic rings. The molecule has 1 heterocycles. The summed E-state index contributed by atoms with van der Waals surface area (Å²) in [5.41, 5.74) is 4.17. The fourth-order valence-electron chi connectivity index (χ4n) is 1.50. The van der Waals surface area contributed by atoms with Crippen LogP contribution in [-0.2, 0) is 18.0 Å². The van der Waals surface area contributed by atoms with Gasteiger partial charge in [-0.2, -0.15) is 5.48 Å². The van der Waals surface area contributed by atoms with Crippen molar-refractivity contribution in [3.8, 4) is 0 Å². The Bertz CT molecular complexity index is 546. The Hall–Kier alpha value is -2.31. The largest absolute Gasteiger partial charge is 0.478 e. The molecule has 0 saturated heterocycles. The van der Waals surface area contributed by atoms with Gasteiger partial charge >= 0.3 is 5.97 Å². The molecule has 2 rings (SSSR count). The monoisotopic (exact) mass is 259 g/mol. The Morgan fingerprint density at radius 2 is 2.11 bits per heavy atom. The Labute approximate surface area is 110 Å². The lowest BCUT2D eigenvalue weighted by Crippen LogP contribution is -2.17. The molecule has 19 heavy (non-hydrogen) atoms. The van der Waals surface area contributed by atoms with Gasteiger partial charge in [0.15, 0.2) is 0 Å². The van der Waals surface area contributed by atoms with E-state index < -0.39 is 5.97 Å². The van der Waals surface area contributed by atoms with E-state index >= 15 is 0 Å². The minimum Gasteiger partial charge on any atom is -0.478 e. The predicted molar refractivity (Wildman–Crippen MR) is 67.1 cm³/mol. The van der Waals surface area contributed by atoms with Crippen LogP contribution in [0.4, 0.5) is 0 Å². The fourth-order valence-corrected chi connectivity index (χ4v) is 1.50. The van der Waals surface area contributed by atoms with Gasteiger partial charge in [0.2, 0.25) is 0 Å². The number of carboxylic acid groups (broad SMARTS) is 1. The summed E-state index contributed by atoms with van der Waals surface area (Å²) >= 11 is 0. The number of benzene rings is 1. The first-order chi connectivity index (χ1) is 9.27. The van der Waals surface area contributed by atoms with Gasteiger partial charge in [0.05, 0.1) is 18.8 Å². The summed E-state index contributed by atoms with van der Waals surface area (Å²) in [6.45, 7) is 0.602. The number of nitrogens with zero attached hydrogens (tertiary/aromatic N) is 2. The molecule has 0 bridgehead atoms. The molecule has 1 aromatic carbocycles. The van der Waals surface area contributed by atoms with Crippen molar-refractivity contribution in [1.82, 2.24) is 15.4 Å². The molecule has 0 aliphatic rings. The maximum absolute atomic E-state index is 10.9. The highest BCUT2D eigenvalue weighted by molar-refractivity contribution is 5.88. The third-order valence-corrected chi connectivity index (χ3v) is 2.45. The number of hydroxylamine groups is 1. The summed E-state index contributed by atoms with van der Waals surface area (Å²) in [6, 6.07) is 9.65. The van der Waals surface area contributed by atoms with E-state index in [2.05, 4.69) is 15.4 Å². The molecular formula is C13H13N3O3. The van der Waals surface area contributed by atoms with Gasteiger partial charge in [-0.1, -0.05) is 30.3 Å². The molecule has 2 N–H and O–H groups in total. The SMILES string of the molecule is O=C(O)c1cncnc1CNOCc1ccccc1. The Kier molecular flexibility index (Phi) is 4.54. The summed E-state index contributed by atoms with van der Waals surface area (Å²) < 4.78 is 0. The van der Waals surface area contributed by atoms with E-state index in [1.54, 1.807) is 0 Å². The van der Waals surface area contributed by atoms with Crippen molar-refractivity contribution >= 4 is 5.97 Å². The Balaban J connectivity index is 1.85. The highest BCUT2D eigenvalue weighted by atomic mass is 16.6. The average molecular weight is 259 g/mol. The van der Waals surface area contributed by atoms with Crippen LogP contribution in [0, 0.1) is 0 Å². The van der Waals surface area contributed by atoms with Crippen molar-refractivity contribution in [1.29, 1.82) is 0 Å². The molecule has 0 saturated carbocycles. The summed E-state index contributed by atoms with van der Waals surface area (Å²) in [4.78, 5) is 23.8. The molecular weight excluding hydrogens is 246 g/mol. The van der Waals surface area contributed by atoms with E-state index in [0.29, 0.717) is 12.3 Å². The van der Waals surface area contributed by atoms with E-state index in [1.807, 2.05) is 30.3 Å². The average Bonchev–Trinajstić information content (AvgIpc) is 2.45. The van der Waals surface area contributed by atoms with E-state index in [1.165, 1.54) is 12.5 Å². The molecule has 0 fully saturated rings. The second-order valence-corrected chi connectivity index (χ2v) is 3.78. The quantitative estimate of drug-likeness (QED) is 0.602. The molecule has 0 spiro atoms.